The minimum atomic E-state index is -0.954. The van der Waals surface area contributed by atoms with E-state index < -0.39 is 10.9 Å². The minimum absolute atomic E-state index is 0.100. The highest BCUT2D eigenvalue weighted by molar-refractivity contribution is 5.68. The smallest absolute Gasteiger partial charge is 0.315 e. The highest BCUT2D eigenvalue weighted by Crippen LogP contribution is 2.42. The van der Waals surface area contributed by atoms with Crippen molar-refractivity contribution in [3.05, 3.63) is 27.8 Å². The van der Waals surface area contributed by atoms with E-state index in [1.807, 2.05) is 0 Å². The molecule has 1 aromatic rings. The number of fused-ring (bicyclic) bond motifs is 1. The van der Waals surface area contributed by atoms with Crippen LogP contribution in [0.5, 0.6) is 11.5 Å². The molecule has 7 heteroatoms. The predicted molar refractivity (Wildman–Crippen MR) is 64.8 cm³/mol. The zero-order valence-electron chi connectivity index (χ0n) is 10.3. The van der Waals surface area contributed by atoms with Gasteiger partial charge in [-0.1, -0.05) is 6.92 Å². The van der Waals surface area contributed by atoms with Crippen molar-refractivity contribution in [2.75, 3.05) is 13.2 Å². The maximum atomic E-state index is 11.0. The molecule has 1 aromatic carbocycles. The average molecular weight is 267 g/mol. The number of hydrogen-bond donors (Lipinski definition) is 1. The van der Waals surface area contributed by atoms with E-state index in [0.29, 0.717) is 17.9 Å². The van der Waals surface area contributed by atoms with Crippen LogP contribution in [0.4, 0.5) is 5.69 Å². The molecule has 0 radical (unpaired) electrons. The highest BCUT2D eigenvalue weighted by Gasteiger charge is 2.26. The van der Waals surface area contributed by atoms with Crippen molar-refractivity contribution in [1.29, 1.82) is 0 Å². The predicted octanol–water partition coefficient (Wildman–Crippen LogP) is 1.94. The van der Waals surface area contributed by atoms with Crippen LogP contribution in [0.2, 0.25) is 0 Å². The zero-order chi connectivity index (χ0) is 14.0. The maximum Gasteiger partial charge on any atom is 0.315 e. The van der Waals surface area contributed by atoms with Crippen LogP contribution >= 0.6 is 0 Å². The quantitative estimate of drug-likeness (QED) is 0.661. The van der Waals surface area contributed by atoms with Crippen molar-refractivity contribution in [3.63, 3.8) is 0 Å². The molecule has 0 amide bonds. The van der Waals surface area contributed by atoms with Crippen LogP contribution in [0.25, 0.3) is 0 Å². The lowest BCUT2D eigenvalue weighted by Crippen LogP contribution is -2.17. The van der Waals surface area contributed by atoms with Gasteiger partial charge in [0.1, 0.15) is 13.2 Å². The first-order valence-electron chi connectivity index (χ1n) is 5.78. The monoisotopic (exact) mass is 267 g/mol. The number of ether oxygens (including phenoxy) is 2. The molecule has 1 aliphatic heterocycles. The van der Waals surface area contributed by atoms with E-state index in [-0.39, 0.29) is 30.4 Å². The summed E-state index contributed by atoms with van der Waals surface area (Å²) in [6.07, 6.45) is -0.100. The van der Waals surface area contributed by atoms with E-state index >= 15 is 0 Å². The van der Waals surface area contributed by atoms with E-state index in [1.165, 1.54) is 6.07 Å². The molecule has 1 aliphatic rings. The second-order valence-electron chi connectivity index (χ2n) is 4.32. The summed E-state index contributed by atoms with van der Waals surface area (Å²) in [5.41, 5.74) is 0.364. The summed E-state index contributed by atoms with van der Waals surface area (Å²) < 4.78 is 10.6. The molecule has 1 atom stereocenters. The fraction of sp³-hybridized carbons (Fsp3) is 0.417. The Morgan fingerprint density at radius 2 is 2.16 bits per heavy atom. The summed E-state index contributed by atoms with van der Waals surface area (Å²) in [5.74, 6) is -0.882. The van der Waals surface area contributed by atoms with Gasteiger partial charge in [-0.05, 0) is 17.5 Å². The summed E-state index contributed by atoms with van der Waals surface area (Å²) in [5, 5.41) is 19.8. The molecule has 1 unspecified atom stereocenters. The summed E-state index contributed by atoms with van der Waals surface area (Å²) in [4.78, 5) is 21.2. The first kappa shape index (κ1) is 13.1. The van der Waals surface area contributed by atoms with Gasteiger partial charge in [0.2, 0.25) is 5.75 Å². The Morgan fingerprint density at radius 3 is 2.79 bits per heavy atom. The number of rotatable bonds is 4. The van der Waals surface area contributed by atoms with Gasteiger partial charge in [0.05, 0.1) is 11.3 Å². The molecule has 0 saturated carbocycles. The molecular formula is C12H13NO6. The van der Waals surface area contributed by atoms with Crippen molar-refractivity contribution in [3.8, 4) is 11.5 Å². The van der Waals surface area contributed by atoms with Crippen molar-refractivity contribution in [2.24, 2.45) is 0 Å². The van der Waals surface area contributed by atoms with Gasteiger partial charge >= 0.3 is 11.7 Å². The highest BCUT2D eigenvalue weighted by atomic mass is 16.6. The number of benzene rings is 1. The Balaban J connectivity index is 2.43. The van der Waals surface area contributed by atoms with Gasteiger partial charge in [0.15, 0.2) is 5.75 Å². The van der Waals surface area contributed by atoms with Gasteiger partial charge in [-0.3, -0.25) is 14.9 Å². The standard InChI is InChI=1S/C12H13NO6/c1-7(4-11(14)15)8-5-9(13(16)17)12-10(6-8)18-2-3-19-12/h5-7H,2-4H2,1H3,(H,14,15). The fourth-order valence-electron chi connectivity index (χ4n) is 1.96. The molecule has 0 fully saturated rings. The number of carbonyl (C=O) groups is 1. The van der Waals surface area contributed by atoms with Gasteiger partial charge in [0.25, 0.3) is 0 Å². The normalized spacial score (nSPS) is 14.8. The Labute approximate surface area is 108 Å². The van der Waals surface area contributed by atoms with Crippen molar-refractivity contribution in [1.82, 2.24) is 0 Å². The van der Waals surface area contributed by atoms with Gasteiger partial charge in [-0.25, -0.2) is 0 Å². The summed E-state index contributed by atoms with van der Waals surface area (Å²) in [6.45, 7) is 2.28. The van der Waals surface area contributed by atoms with Gasteiger partial charge in [-0.15, -0.1) is 0 Å². The Hall–Kier alpha value is -2.31. The molecular weight excluding hydrogens is 254 g/mol. The SMILES string of the molecule is CC(CC(=O)O)c1cc2c(c([N+](=O)[O-])c1)OCCO2. The van der Waals surface area contributed by atoms with Crippen molar-refractivity contribution >= 4 is 11.7 Å². The molecule has 0 saturated heterocycles. The number of carboxylic acids is 1. The van der Waals surface area contributed by atoms with Crippen LogP contribution in [-0.2, 0) is 4.79 Å². The molecule has 102 valence electrons. The number of nitrogens with zero attached hydrogens (tertiary/aromatic N) is 1. The van der Waals surface area contributed by atoms with Crippen molar-refractivity contribution < 1.29 is 24.3 Å². The van der Waals surface area contributed by atoms with Gasteiger partial charge in [0, 0.05) is 6.07 Å². The maximum absolute atomic E-state index is 11.0. The largest absolute Gasteiger partial charge is 0.486 e. The van der Waals surface area contributed by atoms with Crippen LogP contribution in [0.3, 0.4) is 0 Å². The van der Waals surface area contributed by atoms with Crippen LogP contribution in [0, 0.1) is 10.1 Å². The molecule has 1 N–H and O–H groups in total. The van der Waals surface area contributed by atoms with Crippen molar-refractivity contribution in [2.45, 2.75) is 19.3 Å². The number of nitro benzene ring substituents is 1. The average Bonchev–Trinajstić information content (AvgIpc) is 2.36. The molecule has 19 heavy (non-hydrogen) atoms. The first-order chi connectivity index (χ1) is 8.99. The molecule has 0 spiro atoms. The minimum Gasteiger partial charge on any atom is -0.486 e. The number of aliphatic carboxylic acids is 1. The molecule has 1 heterocycles. The molecule has 2 rings (SSSR count). The lowest BCUT2D eigenvalue weighted by Gasteiger charge is -2.20. The Morgan fingerprint density at radius 1 is 1.47 bits per heavy atom. The Bertz CT molecular complexity index is 527. The van der Waals surface area contributed by atoms with E-state index in [1.54, 1.807) is 13.0 Å². The molecule has 0 aromatic heterocycles. The summed E-state index contributed by atoms with van der Waals surface area (Å²) >= 11 is 0. The third-order valence-electron chi connectivity index (χ3n) is 2.89. The molecule has 7 nitrogen and oxygen atoms in total. The van der Waals surface area contributed by atoms with Gasteiger partial charge in [-0.2, -0.15) is 0 Å². The lowest BCUT2D eigenvalue weighted by atomic mass is 9.96. The second-order valence-corrected chi connectivity index (χ2v) is 4.32. The van der Waals surface area contributed by atoms with Crippen LogP contribution < -0.4 is 9.47 Å². The molecule has 0 bridgehead atoms. The van der Waals surface area contributed by atoms with Gasteiger partial charge < -0.3 is 14.6 Å². The first-order valence-corrected chi connectivity index (χ1v) is 5.78. The lowest BCUT2D eigenvalue weighted by molar-refractivity contribution is -0.386. The topological polar surface area (TPSA) is 98.9 Å². The Kier molecular flexibility index (Phi) is 3.55. The number of nitro groups is 1. The molecule has 0 aliphatic carbocycles. The third-order valence-corrected chi connectivity index (χ3v) is 2.89. The third kappa shape index (κ3) is 2.75. The van der Waals surface area contributed by atoms with Crippen LogP contribution in [0.1, 0.15) is 24.8 Å². The van der Waals surface area contributed by atoms with E-state index in [2.05, 4.69) is 0 Å². The van der Waals surface area contributed by atoms with E-state index in [4.69, 9.17) is 14.6 Å². The van der Waals surface area contributed by atoms with Crippen LogP contribution in [-0.4, -0.2) is 29.2 Å². The second kappa shape index (κ2) is 5.13. The fourth-order valence-corrected chi connectivity index (χ4v) is 1.96. The summed E-state index contributed by atoms with van der Waals surface area (Å²) in [7, 11) is 0. The number of hydrogen-bond acceptors (Lipinski definition) is 5. The zero-order valence-corrected chi connectivity index (χ0v) is 10.3. The number of carboxylic acid groups (broad SMARTS) is 1. The van der Waals surface area contributed by atoms with E-state index in [9.17, 15) is 14.9 Å². The summed E-state index contributed by atoms with van der Waals surface area (Å²) in [6, 6.07) is 2.95. The van der Waals surface area contributed by atoms with Crippen LogP contribution in [0.15, 0.2) is 12.1 Å². The van der Waals surface area contributed by atoms with E-state index in [0.717, 1.165) is 0 Å².